The summed E-state index contributed by atoms with van der Waals surface area (Å²) in [7, 11) is 2.19. The molecule has 0 bridgehead atoms. The van der Waals surface area contributed by atoms with E-state index >= 15 is 0 Å². The predicted molar refractivity (Wildman–Crippen MR) is 79.6 cm³/mol. The van der Waals surface area contributed by atoms with Gasteiger partial charge in [0.2, 0.25) is 0 Å². The molecule has 1 aromatic carbocycles. The molecule has 0 saturated carbocycles. The van der Waals surface area contributed by atoms with Crippen molar-refractivity contribution < 1.29 is 9.47 Å². The molecule has 0 spiro atoms. The first-order valence-corrected chi connectivity index (χ1v) is 14.9. The van der Waals surface area contributed by atoms with Gasteiger partial charge in [-0.3, -0.25) is 0 Å². The minimum atomic E-state index is -1.16. The molecule has 0 aromatic heterocycles. The van der Waals surface area contributed by atoms with Crippen molar-refractivity contribution in [3.8, 4) is 11.5 Å². The SMILES string of the molecule is COc1ccc(CC[Se](C)(C)I)cc1OC. The van der Waals surface area contributed by atoms with Crippen molar-refractivity contribution in [3.63, 3.8) is 0 Å². The molecule has 0 unspecified atom stereocenters. The van der Waals surface area contributed by atoms with Crippen LogP contribution in [0.5, 0.6) is 11.5 Å². The Bertz CT molecular complexity index is 347. The molecule has 0 aliphatic carbocycles. The fourth-order valence-electron chi connectivity index (χ4n) is 1.40. The Morgan fingerprint density at radius 1 is 1.12 bits per heavy atom. The van der Waals surface area contributed by atoms with Gasteiger partial charge in [0, 0.05) is 0 Å². The monoisotopic (exact) mass is 402 g/mol. The molecule has 0 aliphatic rings. The Balaban J connectivity index is 2.75. The van der Waals surface area contributed by atoms with Gasteiger partial charge in [-0.15, -0.1) is 0 Å². The molecule has 0 radical (unpaired) electrons. The van der Waals surface area contributed by atoms with Crippen LogP contribution in [0.15, 0.2) is 18.2 Å². The molecule has 0 aliphatic heterocycles. The van der Waals surface area contributed by atoms with Crippen LogP contribution in [-0.2, 0) is 6.42 Å². The summed E-state index contributed by atoms with van der Waals surface area (Å²) in [5, 5.41) is 1.31. The van der Waals surface area contributed by atoms with Crippen molar-refractivity contribution in [1.29, 1.82) is 0 Å². The van der Waals surface area contributed by atoms with Crippen LogP contribution in [0.4, 0.5) is 0 Å². The third-order valence-electron chi connectivity index (χ3n) is 2.32. The fourth-order valence-corrected chi connectivity index (χ4v) is 4.05. The maximum absolute atomic E-state index is 5.29. The number of halogens is 1. The van der Waals surface area contributed by atoms with Crippen LogP contribution in [0.25, 0.3) is 0 Å². The summed E-state index contributed by atoms with van der Waals surface area (Å²) in [5.41, 5.74) is 1.33. The van der Waals surface area contributed by atoms with Crippen LogP contribution in [0.2, 0.25) is 17.0 Å². The number of ether oxygens (including phenoxy) is 2. The zero-order chi connectivity index (χ0) is 12.2. The van der Waals surface area contributed by atoms with Gasteiger partial charge >= 0.3 is 112 Å². The van der Waals surface area contributed by atoms with Gasteiger partial charge in [-0.2, -0.15) is 0 Å². The van der Waals surface area contributed by atoms with Crippen molar-refractivity contribution in [1.82, 2.24) is 0 Å². The molecule has 0 fully saturated rings. The number of aryl methyl sites for hydroxylation is 1. The average molecular weight is 401 g/mol. The summed E-state index contributed by atoms with van der Waals surface area (Å²) in [4.78, 5) is 0. The van der Waals surface area contributed by atoms with E-state index in [1.54, 1.807) is 14.2 Å². The van der Waals surface area contributed by atoms with Gasteiger partial charge in [-0.25, -0.2) is 0 Å². The van der Waals surface area contributed by atoms with Crippen LogP contribution < -0.4 is 9.47 Å². The van der Waals surface area contributed by atoms with Crippen molar-refractivity contribution in [2.75, 3.05) is 14.2 Å². The summed E-state index contributed by atoms with van der Waals surface area (Å²) in [5.74, 6) is 6.43. The predicted octanol–water partition coefficient (Wildman–Crippen LogP) is 3.89. The Labute approximate surface area is 112 Å². The van der Waals surface area contributed by atoms with Gasteiger partial charge in [0.15, 0.2) is 0 Å². The van der Waals surface area contributed by atoms with E-state index in [0.29, 0.717) is 0 Å². The van der Waals surface area contributed by atoms with E-state index in [1.165, 1.54) is 10.9 Å². The molecular weight excluding hydrogens is 382 g/mol. The number of benzene rings is 1. The van der Waals surface area contributed by atoms with Gasteiger partial charge in [0.1, 0.15) is 0 Å². The summed E-state index contributed by atoms with van der Waals surface area (Å²) in [6.07, 6.45) is 1.14. The van der Waals surface area contributed by atoms with Gasteiger partial charge < -0.3 is 0 Å². The third kappa shape index (κ3) is 4.52. The van der Waals surface area contributed by atoms with Crippen LogP contribution >= 0.6 is 20.3 Å². The van der Waals surface area contributed by atoms with E-state index in [9.17, 15) is 0 Å². The van der Waals surface area contributed by atoms with E-state index < -0.39 is 9.60 Å². The quantitative estimate of drug-likeness (QED) is 0.551. The molecule has 0 saturated heterocycles. The van der Waals surface area contributed by atoms with Crippen LogP contribution in [-0.4, -0.2) is 23.8 Å². The molecule has 0 atom stereocenters. The first kappa shape index (κ1) is 14.1. The topological polar surface area (TPSA) is 18.5 Å². The molecule has 4 heteroatoms. The Hall–Kier alpha value is 0.0695. The number of methoxy groups -OCH3 is 2. The molecule has 0 N–H and O–H groups in total. The second-order valence-electron chi connectivity index (χ2n) is 4.05. The van der Waals surface area contributed by atoms with Crippen LogP contribution in [0, 0.1) is 0 Å². The van der Waals surface area contributed by atoms with Crippen LogP contribution in [0.3, 0.4) is 0 Å². The zero-order valence-corrected chi connectivity index (χ0v) is 14.1. The van der Waals surface area contributed by atoms with E-state index in [4.69, 9.17) is 9.47 Å². The van der Waals surface area contributed by atoms with Gasteiger partial charge in [0.05, 0.1) is 0 Å². The number of hydrogen-bond donors (Lipinski definition) is 0. The standard InChI is InChI=1S/C12H19IO2Se/c1-14-11-6-5-10(9-12(11)15-2)7-8-16(3,4)13/h5-6,9H,7-8H2,1-4H3. The Morgan fingerprint density at radius 3 is 2.25 bits per heavy atom. The van der Waals surface area contributed by atoms with Crippen molar-refractivity contribution >= 4 is 29.9 Å². The fraction of sp³-hybridized carbons (Fsp3) is 0.500. The average Bonchev–Trinajstić information content (AvgIpc) is 2.25. The summed E-state index contributed by atoms with van der Waals surface area (Å²) in [6, 6.07) is 6.19. The molecule has 1 rings (SSSR count). The van der Waals surface area contributed by atoms with E-state index in [-0.39, 0.29) is 0 Å². The first-order chi connectivity index (χ1) is 7.46. The summed E-state index contributed by atoms with van der Waals surface area (Å²) in [6.45, 7) is 0. The Kier molecular flexibility index (Phi) is 5.41. The van der Waals surface area contributed by atoms with E-state index in [1.807, 2.05) is 6.07 Å². The Morgan fingerprint density at radius 2 is 1.75 bits per heavy atom. The van der Waals surface area contributed by atoms with Crippen molar-refractivity contribution in [2.24, 2.45) is 0 Å². The molecular formula is C12H19IO2Se. The second-order valence-corrected chi connectivity index (χ2v) is 23.2. The van der Waals surface area contributed by atoms with E-state index in [0.717, 1.165) is 17.9 Å². The third-order valence-corrected chi connectivity index (χ3v) is 7.08. The summed E-state index contributed by atoms with van der Waals surface area (Å²) < 4.78 is 10.5. The first-order valence-electron chi connectivity index (χ1n) is 5.08. The van der Waals surface area contributed by atoms with Crippen molar-refractivity contribution in [3.05, 3.63) is 23.8 Å². The van der Waals surface area contributed by atoms with Gasteiger partial charge in [0.25, 0.3) is 0 Å². The van der Waals surface area contributed by atoms with Gasteiger partial charge in [-0.1, -0.05) is 0 Å². The number of hydrogen-bond acceptors (Lipinski definition) is 2. The molecule has 2 nitrogen and oxygen atoms in total. The van der Waals surface area contributed by atoms with Gasteiger partial charge in [-0.05, 0) is 0 Å². The molecule has 16 heavy (non-hydrogen) atoms. The normalized spacial score (nSPS) is 12.3. The molecule has 92 valence electrons. The summed E-state index contributed by atoms with van der Waals surface area (Å²) >= 11 is 2.64. The van der Waals surface area contributed by atoms with Crippen molar-refractivity contribution in [2.45, 2.75) is 23.4 Å². The molecule has 0 amide bonds. The minimum absolute atomic E-state index is 0.804. The molecule has 1 aromatic rings. The van der Waals surface area contributed by atoms with Crippen LogP contribution in [0.1, 0.15) is 5.56 Å². The number of rotatable bonds is 5. The maximum atomic E-state index is 5.29. The van der Waals surface area contributed by atoms with E-state index in [2.05, 4.69) is 44.1 Å². The molecule has 0 heterocycles. The second kappa shape index (κ2) is 6.12. The zero-order valence-electron chi connectivity index (χ0n) is 10.2.